The second kappa shape index (κ2) is 5.71. The van der Waals surface area contributed by atoms with Gasteiger partial charge in [-0.2, -0.15) is 0 Å². The number of nitrogens with zero attached hydrogens (tertiary/aromatic N) is 1. The normalized spacial score (nSPS) is 10.6. The molecule has 0 spiro atoms. The van der Waals surface area contributed by atoms with E-state index in [-0.39, 0.29) is 5.91 Å². The zero-order valence-corrected chi connectivity index (χ0v) is 12.7. The van der Waals surface area contributed by atoms with Gasteiger partial charge in [-0.15, -0.1) is 11.3 Å². The van der Waals surface area contributed by atoms with Crippen molar-refractivity contribution in [2.75, 3.05) is 12.4 Å². The fraction of sp³-hybridized carbons (Fsp3) is 0.0667. The molecule has 0 atom stereocenters. The van der Waals surface area contributed by atoms with Crippen LogP contribution >= 0.6 is 22.9 Å². The first kappa shape index (κ1) is 13.9. The minimum absolute atomic E-state index is 0.249. The molecule has 106 valence electrons. The first-order valence-electron chi connectivity index (χ1n) is 6.17. The monoisotopic (exact) mass is 318 g/mol. The molecule has 0 unspecified atom stereocenters. The third-order valence-electron chi connectivity index (χ3n) is 2.87. The number of ether oxygens (including phenoxy) is 1. The van der Waals surface area contributed by atoms with Crippen molar-refractivity contribution in [2.24, 2.45) is 0 Å². The highest BCUT2D eigenvalue weighted by Gasteiger charge is 2.13. The average molecular weight is 319 g/mol. The molecule has 0 aliphatic rings. The van der Waals surface area contributed by atoms with Gasteiger partial charge < -0.3 is 10.1 Å². The van der Waals surface area contributed by atoms with Gasteiger partial charge in [0.1, 0.15) is 5.75 Å². The molecular formula is C15H11ClN2O2S. The topological polar surface area (TPSA) is 51.2 Å². The van der Waals surface area contributed by atoms with Crippen molar-refractivity contribution in [1.29, 1.82) is 0 Å². The predicted molar refractivity (Wildman–Crippen MR) is 85.6 cm³/mol. The van der Waals surface area contributed by atoms with Crippen molar-refractivity contribution in [3.63, 3.8) is 0 Å². The maximum atomic E-state index is 12.2. The molecule has 1 aromatic heterocycles. The van der Waals surface area contributed by atoms with Crippen LogP contribution in [-0.4, -0.2) is 18.0 Å². The summed E-state index contributed by atoms with van der Waals surface area (Å²) in [7, 11) is 1.58. The van der Waals surface area contributed by atoms with E-state index in [1.165, 1.54) is 11.3 Å². The van der Waals surface area contributed by atoms with Gasteiger partial charge in [0.15, 0.2) is 5.01 Å². The summed E-state index contributed by atoms with van der Waals surface area (Å²) in [4.78, 5) is 16.5. The van der Waals surface area contributed by atoms with Crippen LogP contribution in [-0.2, 0) is 0 Å². The molecule has 4 nitrogen and oxygen atoms in total. The van der Waals surface area contributed by atoms with E-state index in [9.17, 15) is 4.79 Å². The number of anilines is 1. The molecule has 1 N–H and O–H groups in total. The molecule has 1 heterocycles. The predicted octanol–water partition coefficient (Wildman–Crippen LogP) is 4.21. The average Bonchev–Trinajstić information content (AvgIpc) is 2.90. The number of fused-ring (bicyclic) bond motifs is 1. The first-order valence-corrected chi connectivity index (χ1v) is 7.36. The summed E-state index contributed by atoms with van der Waals surface area (Å²) in [5, 5.41) is 3.81. The number of amides is 1. The smallest absolute Gasteiger partial charge is 0.284 e. The number of carbonyl (C=O) groups excluding carboxylic acids is 1. The Hall–Kier alpha value is -2.11. The summed E-state index contributed by atoms with van der Waals surface area (Å²) >= 11 is 7.25. The van der Waals surface area contributed by atoms with Gasteiger partial charge >= 0.3 is 0 Å². The standard InChI is InChI=1S/C15H11ClN2O2S/c1-20-11-4-2-3-10(8-11)17-14(19)15-18-12-7-9(16)5-6-13(12)21-15/h2-8H,1H3,(H,17,19). The molecule has 3 aromatic rings. The number of halogens is 1. The summed E-state index contributed by atoms with van der Waals surface area (Å²) in [6.45, 7) is 0. The van der Waals surface area contributed by atoms with Crippen LogP contribution in [0, 0.1) is 0 Å². The number of nitrogens with one attached hydrogen (secondary N) is 1. The van der Waals surface area contributed by atoms with Crippen molar-refractivity contribution in [3.05, 3.63) is 52.5 Å². The van der Waals surface area contributed by atoms with Crippen molar-refractivity contribution in [3.8, 4) is 5.75 Å². The van der Waals surface area contributed by atoms with Gasteiger partial charge in [-0.3, -0.25) is 4.79 Å². The highest BCUT2D eigenvalue weighted by Crippen LogP contribution is 2.26. The molecule has 0 aliphatic heterocycles. The summed E-state index contributed by atoms with van der Waals surface area (Å²) in [5.41, 5.74) is 1.39. The zero-order valence-electron chi connectivity index (χ0n) is 11.1. The Kier molecular flexibility index (Phi) is 3.77. The second-order valence-electron chi connectivity index (χ2n) is 4.32. The highest BCUT2D eigenvalue weighted by molar-refractivity contribution is 7.20. The van der Waals surface area contributed by atoms with Gasteiger partial charge in [0.2, 0.25) is 0 Å². The van der Waals surface area contributed by atoms with Crippen molar-refractivity contribution < 1.29 is 9.53 Å². The Labute approximate surface area is 130 Å². The Morgan fingerprint density at radius 1 is 1.29 bits per heavy atom. The number of rotatable bonds is 3. The molecule has 0 aliphatic carbocycles. The van der Waals surface area contributed by atoms with E-state index < -0.39 is 0 Å². The van der Waals surface area contributed by atoms with Gasteiger partial charge in [0, 0.05) is 16.8 Å². The van der Waals surface area contributed by atoms with Crippen molar-refractivity contribution in [1.82, 2.24) is 4.98 Å². The molecule has 2 aromatic carbocycles. The maximum Gasteiger partial charge on any atom is 0.284 e. The van der Waals surface area contributed by atoms with E-state index in [0.29, 0.717) is 21.5 Å². The number of aromatic nitrogens is 1. The lowest BCUT2D eigenvalue weighted by molar-refractivity contribution is 0.102. The number of benzene rings is 2. The first-order chi connectivity index (χ1) is 10.2. The molecule has 0 fully saturated rings. The molecule has 0 saturated heterocycles. The zero-order chi connectivity index (χ0) is 14.8. The van der Waals surface area contributed by atoms with Crippen molar-refractivity contribution in [2.45, 2.75) is 0 Å². The number of thiazole rings is 1. The van der Waals surface area contributed by atoms with Crippen LogP contribution < -0.4 is 10.1 Å². The molecular weight excluding hydrogens is 308 g/mol. The lowest BCUT2D eigenvalue weighted by atomic mass is 10.3. The van der Waals surface area contributed by atoms with E-state index >= 15 is 0 Å². The summed E-state index contributed by atoms with van der Waals surface area (Å²) < 4.78 is 6.05. The number of hydrogen-bond acceptors (Lipinski definition) is 4. The van der Waals surface area contributed by atoms with E-state index in [2.05, 4.69) is 10.3 Å². The summed E-state index contributed by atoms with van der Waals surface area (Å²) in [5.74, 6) is 0.435. The SMILES string of the molecule is COc1cccc(NC(=O)c2nc3cc(Cl)ccc3s2)c1. The third kappa shape index (κ3) is 2.99. The second-order valence-corrected chi connectivity index (χ2v) is 5.78. The Bertz CT molecular complexity index is 816. The minimum Gasteiger partial charge on any atom is -0.497 e. The van der Waals surface area contributed by atoms with Gasteiger partial charge in [-0.25, -0.2) is 4.98 Å². The number of methoxy groups -OCH3 is 1. The Morgan fingerprint density at radius 2 is 2.14 bits per heavy atom. The van der Waals surface area contributed by atoms with E-state index in [0.717, 1.165) is 10.2 Å². The van der Waals surface area contributed by atoms with Gasteiger partial charge in [-0.1, -0.05) is 17.7 Å². The van der Waals surface area contributed by atoms with Crippen molar-refractivity contribution >= 4 is 44.7 Å². The number of hydrogen-bond donors (Lipinski definition) is 1. The fourth-order valence-corrected chi connectivity index (χ4v) is 2.89. The quantitative estimate of drug-likeness (QED) is 0.787. The number of carbonyl (C=O) groups is 1. The van der Waals surface area contributed by atoms with Gasteiger partial charge in [-0.05, 0) is 30.3 Å². The molecule has 3 rings (SSSR count). The molecule has 1 amide bonds. The fourth-order valence-electron chi connectivity index (χ4n) is 1.88. The van der Waals surface area contributed by atoms with Crippen LogP contribution in [0.2, 0.25) is 5.02 Å². The van der Waals surface area contributed by atoms with Crippen LogP contribution in [0.5, 0.6) is 5.75 Å². The highest BCUT2D eigenvalue weighted by atomic mass is 35.5. The summed E-state index contributed by atoms with van der Waals surface area (Å²) in [6, 6.07) is 12.6. The van der Waals surface area contributed by atoms with Crippen LogP contribution in [0.1, 0.15) is 9.80 Å². The van der Waals surface area contributed by atoms with Gasteiger partial charge in [0.05, 0.1) is 17.3 Å². The molecule has 21 heavy (non-hydrogen) atoms. The van der Waals surface area contributed by atoms with Crippen LogP contribution in [0.4, 0.5) is 5.69 Å². The summed E-state index contributed by atoms with van der Waals surface area (Å²) in [6.07, 6.45) is 0. The van der Waals surface area contributed by atoms with E-state index in [1.807, 2.05) is 18.2 Å². The maximum absolute atomic E-state index is 12.2. The molecule has 6 heteroatoms. The molecule has 0 bridgehead atoms. The lowest BCUT2D eigenvalue weighted by Crippen LogP contribution is -2.11. The largest absolute Gasteiger partial charge is 0.497 e. The van der Waals surface area contributed by atoms with Crippen LogP contribution in [0.15, 0.2) is 42.5 Å². The molecule has 0 radical (unpaired) electrons. The van der Waals surface area contributed by atoms with E-state index in [4.69, 9.17) is 16.3 Å². The minimum atomic E-state index is -0.249. The van der Waals surface area contributed by atoms with Crippen LogP contribution in [0.25, 0.3) is 10.2 Å². The third-order valence-corrected chi connectivity index (χ3v) is 4.14. The lowest BCUT2D eigenvalue weighted by Gasteiger charge is -2.05. The van der Waals surface area contributed by atoms with Gasteiger partial charge in [0.25, 0.3) is 5.91 Å². The Balaban J connectivity index is 1.86. The van der Waals surface area contributed by atoms with E-state index in [1.54, 1.807) is 31.4 Å². The Morgan fingerprint density at radius 3 is 2.95 bits per heavy atom. The molecule has 0 saturated carbocycles. The van der Waals surface area contributed by atoms with Crippen LogP contribution in [0.3, 0.4) is 0 Å².